The number of anilines is 1. The molecule has 1 saturated heterocycles. The molecule has 1 aromatic rings. The molecule has 1 aliphatic rings. The summed E-state index contributed by atoms with van der Waals surface area (Å²) < 4.78 is 5.28. The van der Waals surface area contributed by atoms with E-state index in [1.165, 1.54) is 4.90 Å². The molecule has 6 heteroatoms. The van der Waals surface area contributed by atoms with Gasteiger partial charge in [0.05, 0.1) is 13.2 Å². The average Bonchev–Trinajstić information content (AvgIpc) is 2.44. The highest BCUT2D eigenvalue weighted by molar-refractivity contribution is 5.65. The summed E-state index contributed by atoms with van der Waals surface area (Å²) >= 11 is 0. The first-order valence-electron chi connectivity index (χ1n) is 6.77. The Labute approximate surface area is 118 Å². The summed E-state index contributed by atoms with van der Waals surface area (Å²) in [7, 11) is 0. The fourth-order valence-electron chi connectivity index (χ4n) is 2.24. The van der Waals surface area contributed by atoms with Crippen LogP contribution in [0.4, 0.5) is 10.5 Å². The van der Waals surface area contributed by atoms with Gasteiger partial charge in [-0.25, -0.2) is 4.79 Å². The third-order valence-electron chi connectivity index (χ3n) is 3.38. The highest BCUT2D eigenvalue weighted by Crippen LogP contribution is 2.10. The normalized spacial score (nSPS) is 16.0. The zero-order valence-electron chi connectivity index (χ0n) is 11.5. The van der Waals surface area contributed by atoms with Crippen molar-refractivity contribution in [2.24, 2.45) is 0 Å². The first-order chi connectivity index (χ1) is 9.65. The number of nitrogens with zero attached hydrogens (tertiary/aromatic N) is 2. The summed E-state index contributed by atoms with van der Waals surface area (Å²) in [6.07, 6.45) is -0.902. The average molecular weight is 279 g/mol. The predicted molar refractivity (Wildman–Crippen MR) is 76.5 cm³/mol. The molecule has 20 heavy (non-hydrogen) atoms. The number of rotatable bonds is 5. The van der Waals surface area contributed by atoms with Gasteiger partial charge >= 0.3 is 6.09 Å². The zero-order valence-corrected chi connectivity index (χ0v) is 11.5. The van der Waals surface area contributed by atoms with Crippen LogP contribution in [0.25, 0.3) is 0 Å². The van der Waals surface area contributed by atoms with E-state index in [0.717, 1.165) is 38.4 Å². The highest BCUT2D eigenvalue weighted by atomic mass is 16.5. The van der Waals surface area contributed by atoms with Gasteiger partial charge < -0.3 is 20.5 Å². The van der Waals surface area contributed by atoms with Crippen molar-refractivity contribution in [3.05, 3.63) is 29.8 Å². The summed E-state index contributed by atoms with van der Waals surface area (Å²) in [5.41, 5.74) is 7.28. The van der Waals surface area contributed by atoms with E-state index < -0.39 is 6.09 Å². The summed E-state index contributed by atoms with van der Waals surface area (Å²) in [6, 6.07) is 7.33. The number of nitrogens with two attached hydrogens (primary N) is 1. The standard InChI is InChI=1S/C14H21N3O3/c15-13-3-1-2-12(10-13)11-17(14(18)19)5-4-16-6-8-20-9-7-16/h1-3,10H,4-9,11,15H2,(H,18,19). The number of carboxylic acid groups (broad SMARTS) is 1. The molecule has 0 unspecified atom stereocenters. The molecular formula is C14H21N3O3. The van der Waals surface area contributed by atoms with E-state index in [-0.39, 0.29) is 0 Å². The first-order valence-corrected chi connectivity index (χ1v) is 6.77. The van der Waals surface area contributed by atoms with Gasteiger partial charge in [-0.15, -0.1) is 0 Å². The van der Waals surface area contributed by atoms with Crippen LogP contribution in [0.2, 0.25) is 0 Å². The lowest BCUT2D eigenvalue weighted by Gasteiger charge is -2.29. The largest absolute Gasteiger partial charge is 0.465 e. The minimum absolute atomic E-state index is 0.366. The molecular weight excluding hydrogens is 258 g/mol. The maximum Gasteiger partial charge on any atom is 0.407 e. The smallest absolute Gasteiger partial charge is 0.407 e. The maximum atomic E-state index is 11.3. The Kier molecular flexibility index (Phi) is 5.20. The minimum atomic E-state index is -0.902. The van der Waals surface area contributed by atoms with Crippen LogP contribution in [0, 0.1) is 0 Å². The molecule has 2 rings (SSSR count). The lowest BCUT2D eigenvalue weighted by molar-refractivity contribution is 0.0333. The Hall–Kier alpha value is -1.79. The van der Waals surface area contributed by atoms with Gasteiger partial charge in [0.25, 0.3) is 0 Å². The SMILES string of the molecule is Nc1cccc(CN(CCN2CCOCC2)C(=O)O)c1. The van der Waals surface area contributed by atoms with Crippen molar-refractivity contribution in [2.45, 2.75) is 6.54 Å². The summed E-state index contributed by atoms with van der Waals surface area (Å²) in [6.45, 7) is 4.77. The van der Waals surface area contributed by atoms with Crippen molar-refractivity contribution in [1.82, 2.24) is 9.80 Å². The van der Waals surface area contributed by atoms with Gasteiger partial charge in [0.15, 0.2) is 0 Å². The first kappa shape index (κ1) is 14.6. The van der Waals surface area contributed by atoms with E-state index in [9.17, 15) is 9.90 Å². The second kappa shape index (κ2) is 7.12. The summed E-state index contributed by atoms with van der Waals surface area (Å²) in [5, 5.41) is 9.28. The molecule has 1 aromatic carbocycles. The van der Waals surface area contributed by atoms with Crippen LogP contribution in [0.1, 0.15) is 5.56 Å². The lowest BCUT2D eigenvalue weighted by atomic mass is 10.2. The second-order valence-electron chi connectivity index (χ2n) is 4.90. The van der Waals surface area contributed by atoms with Crippen LogP contribution in [0.15, 0.2) is 24.3 Å². The molecule has 1 fully saturated rings. The molecule has 1 aliphatic heterocycles. The second-order valence-corrected chi connectivity index (χ2v) is 4.90. The molecule has 6 nitrogen and oxygen atoms in total. The van der Waals surface area contributed by atoms with Gasteiger partial charge in [0, 0.05) is 38.4 Å². The summed E-state index contributed by atoms with van der Waals surface area (Å²) in [5.74, 6) is 0. The van der Waals surface area contributed by atoms with E-state index >= 15 is 0 Å². The summed E-state index contributed by atoms with van der Waals surface area (Å²) in [4.78, 5) is 15.0. The highest BCUT2D eigenvalue weighted by Gasteiger charge is 2.16. The Morgan fingerprint density at radius 3 is 2.80 bits per heavy atom. The third-order valence-corrected chi connectivity index (χ3v) is 3.38. The number of morpholine rings is 1. The predicted octanol–water partition coefficient (Wildman–Crippen LogP) is 1.08. The number of ether oxygens (including phenoxy) is 1. The quantitative estimate of drug-likeness (QED) is 0.789. The number of hydrogen-bond donors (Lipinski definition) is 2. The fourth-order valence-corrected chi connectivity index (χ4v) is 2.24. The third kappa shape index (κ3) is 4.40. The van der Waals surface area contributed by atoms with Crippen LogP contribution < -0.4 is 5.73 Å². The van der Waals surface area contributed by atoms with E-state index in [4.69, 9.17) is 10.5 Å². The van der Waals surface area contributed by atoms with Crippen LogP contribution in [0.3, 0.4) is 0 Å². The molecule has 0 spiro atoms. The molecule has 0 radical (unpaired) electrons. The Morgan fingerprint density at radius 2 is 2.15 bits per heavy atom. The Bertz CT molecular complexity index is 447. The molecule has 0 aromatic heterocycles. The van der Waals surface area contributed by atoms with Gasteiger partial charge in [0.1, 0.15) is 0 Å². The Balaban J connectivity index is 1.88. The van der Waals surface area contributed by atoms with Crippen LogP contribution in [-0.2, 0) is 11.3 Å². The van der Waals surface area contributed by atoms with Gasteiger partial charge in [0.2, 0.25) is 0 Å². The van der Waals surface area contributed by atoms with Crippen LogP contribution in [-0.4, -0.2) is 60.4 Å². The van der Waals surface area contributed by atoms with E-state index in [2.05, 4.69) is 4.90 Å². The minimum Gasteiger partial charge on any atom is -0.465 e. The molecule has 1 heterocycles. The molecule has 0 bridgehead atoms. The van der Waals surface area contributed by atoms with Crippen molar-refractivity contribution in [3.63, 3.8) is 0 Å². The van der Waals surface area contributed by atoms with Gasteiger partial charge in [-0.1, -0.05) is 12.1 Å². The molecule has 0 aliphatic carbocycles. The van der Waals surface area contributed by atoms with Crippen molar-refractivity contribution >= 4 is 11.8 Å². The van der Waals surface area contributed by atoms with Crippen molar-refractivity contribution in [3.8, 4) is 0 Å². The Morgan fingerprint density at radius 1 is 1.40 bits per heavy atom. The van der Waals surface area contributed by atoms with Crippen molar-refractivity contribution in [2.75, 3.05) is 45.1 Å². The van der Waals surface area contributed by atoms with E-state index in [0.29, 0.717) is 18.8 Å². The van der Waals surface area contributed by atoms with Gasteiger partial charge in [-0.2, -0.15) is 0 Å². The number of nitrogen functional groups attached to an aromatic ring is 1. The van der Waals surface area contributed by atoms with Gasteiger partial charge in [-0.05, 0) is 17.7 Å². The number of benzene rings is 1. The van der Waals surface area contributed by atoms with Gasteiger partial charge in [-0.3, -0.25) is 4.90 Å². The zero-order chi connectivity index (χ0) is 14.4. The molecule has 1 amide bonds. The molecule has 0 saturated carbocycles. The monoisotopic (exact) mass is 279 g/mol. The van der Waals surface area contributed by atoms with Crippen molar-refractivity contribution < 1.29 is 14.6 Å². The number of carbonyl (C=O) groups is 1. The van der Waals surface area contributed by atoms with Crippen molar-refractivity contribution in [1.29, 1.82) is 0 Å². The van der Waals surface area contributed by atoms with Crippen LogP contribution >= 0.6 is 0 Å². The van der Waals surface area contributed by atoms with E-state index in [1.54, 1.807) is 6.07 Å². The lowest BCUT2D eigenvalue weighted by Crippen LogP contribution is -2.42. The number of amides is 1. The van der Waals surface area contributed by atoms with Crippen LogP contribution in [0.5, 0.6) is 0 Å². The number of hydrogen-bond acceptors (Lipinski definition) is 4. The maximum absolute atomic E-state index is 11.3. The molecule has 0 atom stereocenters. The molecule has 110 valence electrons. The molecule has 3 N–H and O–H groups in total. The fraction of sp³-hybridized carbons (Fsp3) is 0.500. The van der Waals surface area contributed by atoms with E-state index in [1.807, 2.05) is 18.2 Å². The topological polar surface area (TPSA) is 79.0 Å².